The first-order valence-corrected chi connectivity index (χ1v) is 13.9. The number of halogens is 2. The van der Waals surface area contributed by atoms with E-state index in [4.69, 9.17) is 10.5 Å². The molecule has 1 aromatic carbocycles. The van der Waals surface area contributed by atoms with E-state index < -0.39 is 11.8 Å². The molecule has 2 aromatic rings. The van der Waals surface area contributed by atoms with Gasteiger partial charge in [-0.15, -0.1) is 0 Å². The van der Waals surface area contributed by atoms with E-state index in [0.717, 1.165) is 49.2 Å². The van der Waals surface area contributed by atoms with Gasteiger partial charge in [-0.1, -0.05) is 29.8 Å². The number of hydrogen-bond donors (Lipinski definition) is 2. The molecule has 2 fully saturated rings. The standard InChI is InChI=1S/C25H32F2N6O2S2/c1-23(2,3)37-31-17-13-35-14-24(17)8-10-33(11-9-24)18-12-29-21(20(28)30-18)36-16-7-5-6-15-19(16)25(26,27)22(34)32(15)4/h5-7,12,17,31H,8-11,13-14H2,1-4H3,(H2,28,30). The summed E-state index contributed by atoms with van der Waals surface area (Å²) in [6.45, 7) is 9.63. The van der Waals surface area contributed by atoms with Crippen LogP contribution in [0, 0.1) is 5.41 Å². The molecule has 3 aliphatic rings. The number of ether oxygens (including phenoxy) is 1. The second-order valence-electron chi connectivity index (χ2n) is 10.9. The topological polar surface area (TPSA) is 96.6 Å². The van der Waals surface area contributed by atoms with Crippen molar-refractivity contribution in [2.75, 3.05) is 48.9 Å². The lowest BCUT2D eigenvalue weighted by Gasteiger charge is -2.42. The smallest absolute Gasteiger partial charge is 0.353 e. The molecule has 0 saturated carbocycles. The molecule has 0 bridgehead atoms. The maximum Gasteiger partial charge on any atom is 0.353 e. The van der Waals surface area contributed by atoms with Crippen LogP contribution in [0.15, 0.2) is 34.3 Å². The SMILES string of the molecule is CN1C(=O)C(F)(F)c2c(Sc3ncc(N4CCC5(CC4)COCC5NSC(C)(C)C)nc3N)cccc21. The Bertz CT molecular complexity index is 1200. The number of nitrogens with two attached hydrogens (primary N) is 1. The highest BCUT2D eigenvalue weighted by molar-refractivity contribution is 7.99. The molecule has 1 amide bonds. The lowest BCUT2D eigenvalue weighted by molar-refractivity contribution is -0.141. The fraction of sp³-hybridized carbons (Fsp3) is 0.560. The number of amides is 1. The number of hydrogen-bond acceptors (Lipinski definition) is 9. The zero-order valence-corrected chi connectivity index (χ0v) is 23.0. The van der Waals surface area contributed by atoms with Crippen molar-refractivity contribution in [2.24, 2.45) is 5.41 Å². The van der Waals surface area contributed by atoms with Crippen molar-refractivity contribution in [3.05, 3.63) is 30.0 Å². The van der Waals surface area contributed by atoms with Gasteiger partial charge in [0.25, 0.3) is 0 Å². The monoisotopic (exact) mass is 550 g/mol. The maximum atomic E-state index is 14.7. The van der Waals surface area contributed by atoms with E-state index in [1.165, 1.54) is 13.1 Å². The van der Waals surface area contributed by atoms with Crippen LogP contribution in [0.3, 0.4) is 0 Å². The number of carbonyl (C=O) groups is 1. The molecule has 8 nitrogen and oxygen atoms in total. The van der Waals surface area contributed by atoms with E-state index >= 15 is 0 Å². The predicted molar refractivity (Wildman–Crippen MR) is 143 cm³/mol. The van der Waals surface area contributed by atoms with E-state index in [0.29, 0.717) is 23.5 Å². The first-order chi connectivity index (χ1) is 17.4. The summed E-state index contributed by atoms with van der Waals surface area (Å²) in [5.74, 6) is -3.99. The predicted octanol–water partition coefficient (Wildman–Crippen LogP) is 4.30. The number of nitrogens with one attached hydrogen (secondary N) is 1. The highest BCUT2D eigenvalue weighted by Gasteiger charge is 2.53. The van der Waals surface area contributed by atoms with Gasteiger partial charge in [0.05, 0.1) is 30.7 Å². The number of nitrogens with zero attached hydrogens (tertiary/aromatic N) is 4. The van der Waals surface area contributed by atoms with Crippen LogP contribution >= 0.6 is 23.7 Å². The number of fused-ring (bicyclic) bond motifs is 1. The summed E-state index contributed by atoms with van der Waals surface area (Å²) in [6, 6.07) is 5.00. The second-order valence-corrected chi connectivity index (χ2v) is 13.6. The number of aromatic nitrogens is 2. The Morgan fingerprint density at radius 3 is 2.65 bits per heavy atom. The molecule has 1 spiro atoms. The average molecular weight is 551 g/mol. The van der Waals surface area contributed by atoms with Gasteiger partial charge in [0.15, 0.2) is 5.82 Å². The van der Waals surface area contributed by atoms with Gasteiger partial charge in [-0.3, -0.25) is 9.52 Å². The number of likely N-dealkylation sites (N-methyl/N-ethyl adjacent to an activating group) is 1. The fourth-order valence-electron chi connectivity index (χ4n) is 5.08. The highest BCUT2D eigenvalue weighted by atomic mass is 32.2. The Balaban J connectivity index is 1.28. The van der Waals surface area contributed by atoms with Crippen molar-refractivity contribution in [1.82, 2.24) is 14.7 Å². The van der Waals surface area contributed by atoms with Crippen molar-refractivity contribution in [1.29, 1.82) is 0 Å². The number of benzene rings is 1. The molecular formula is C25H32F2N6O2S2. The normalized spacial score (nSPS) is 22.6. The van der Waals surface area contributed by atoms with Crippen molar-refractivity contribution < 1.29 is 18.3 Å². The molecule has 1 unspecified atom stereocenters. The van der Waals surface area contributed by atoms with Crippen LogP contribution in [-0.4, -0.2) is 60.0 Å². The number of carbonyl (C=O) groups excluding carboxylic acids is 1. The first kappa shape index (κ1) is 26.5. The third kappa shape index (κ3) is 4.88. The van der Waals surface area contributed by atoms with Crippen LogP contribution in [0.25, 0.3) is 0 Å². The maximum absolute atomic E-state index is 14.7. The Hall–Kier alpha value is -2.15. The van der Waals surface area contributed by atoms with Crippen LogP contribution in [0.4, 0.5) is 26.1 Å². The van der Waals surface area contributed by atoms with Gasteiger partial charge in [0.1, 0.15) is 10.8 Å². The molecule has 3 N–H and O–H groups in total. The van der Waals surface area contributed by atoms with E-state index in [-0.39, 0.29) is 32.1 Å². The Kier molecular flexibility index (Phi) is 6.83. The third-order valence-electron chi connectivity index (χ3n) is 7.21. The van der Waals surface area contributed by atoms with Crippen molar-refractivity contribution >= 4 is 46.9 Å². The zero-order valence-electron chi connectivity index (χ0n) is 21.4. The number of nitrogen functional groups attached to an aromatic ring is 1. The summed E-state index contributed by atoms with van der Waals surface area (Å²) < 4.78 is 39.1. The van der Waals surface area contributed by atoms with Gasteiger partial charge >= 0.3 is 11.8 Å². The minimum Gasteiger partial charge on any atom is -0.381 e. The van der Waals surface area contributed by atoms with Gasteiger partial charge in [-0.05, 0) is 45.7 Å². The number of anilines is 3. The summed E-state index contributed by atoms with van der Waals surface area (Å²) >= 11 is 2.76. The molecule has 1 atom stereocenters. The van der Waals surface area contributed by atoms with Crippen LogP contribution in [-0.2, 0) is 15.5 Å². The van der Waals surface area contributed by atoms with E-state index in [1.807, 2.05) is 0 Å². The molecule has 200 valence electrons. The molecule has 5 rings (SSSR count). The largest absolute Gasteiger partial charge is 0.381 e. The quantitative estimate of drug-likeness (QED) is 0.528. The summed E-state index contributed by atoms with van der Waals surface area (Å²) in [5.41, 5.74) is 6.21. The lowest BCUT2D eigenvalue weighted by Crippen LogP contribution is -2.50. The van der Waals surface area contributed by atoms with E-state index in [1.54, 1.807) is 30.3 Å². The van der Waals surface area contributed by atoms with Gasteiger partial charge < -0.3 is 20.3 Å². The molecular weight excluding hydrogens is 518 g/mol. The Labute approximate surface area is 224 Å². The number of rotatable bonds is 5. The zero-order chi connectivity index (χ0) is 26.6. The molecule has 1 aromatic heterocycles. The van der Waals surface area contributed by atoms with Crippen molar-refractivity contribution in [3.63, 3.8) is 0 Å². The van der Waals surface area contributed by atoms with Gasteiger partial charge in [-0.2, -0.15) is 8.78 Å². The van der Waals surface area contributed by atoms with Crippen LogP contribution in [0.1, 0.15) is 39.2 Å². The lowest BCUT2D eigenvalue weighted by atomic mass is 9.75. The van der Waals surface area contributed by atoms with Crippen molar-refractivity contribution in [3.8, 4) is 0 Å². The number of alkyl halides is 2. The van der Waals surface area contributed by atoms with Crippen LogP contribution in [0.2, 0.25) is 0 Å². The van der Waals surface area contributed by atoms with Gasteiger partial charge in [0.2, 0.25) is 0 Å². The molecule has 37 heavy (non-hydrogen) atoms. The minimum absolute atomic E-state index is 0.0903. The fourth-order valence-corrected chi connectivity index (χ4v) is 6.84. The van der Waals surface area contributed by atoms with Crippen molar-refractivity contribution in [2.45, 2.75) is 60.2 Å². The number of piperidine rings is 1. The first-order valence-electron chi connectivity index (χ1n) is 12.3. The summed E-state index contributed by atoms with van der Waals surface area (Å²) in [4.78, 5) is 24.5. The van der Waals surface area contributed by atoms with E-state index in [9.17, 15) is 13.6 Å². The average Bonchev–Trinajstić information content (AvgIpc) is 3.31. The van der Waals surface area contributed by atoms with Crippen LogP contribution < -0.4 is 20.3 Å². The summed E-state index contributed by atoms with van der Waals surface area (Å²) in [5, 5.41) is 0.330. The molecule has 12 heteroatoms. The molecule has 2 saturated heterocycles. The Morgan fingerprint density at radius 2 is 1.97 bits per heavy atom. The van der Waals surface area contributed by atoms with Gasteiger partial charge in [-0.25, -0.2) is 9.97 Å². The molecule has 0 radical (unpaired) electrons. The minimum atomic E-state index is -3.60. The molecule has 3 aliphatic heterocycles. The van der Waals surface area contributed by atoms with Crippen LogP contribution in [0.5, 0.6) is 0 Å². The molecule has 4 heterocycles. The Morgan fingerprint density at radius 1 is 1.24 bits per heavy atom. The second kappa shape index (κ2) is 9.55. The summed E-state index contributed by atoms with van der Waals surface area (Å²) in [6.07, 6.45) is 3.56. The van der Waals surface area contributed by atoms with Gasteiger partial charge in [0, 0.05) is 41.2 Å². The van der Waals surface area contributed by atoms with E-state index in [2.05, 4.69) is 40.4 Å². The molecule has 0 aliphatic carbocycles. The third-order valence-corrected chi connectivity index (χ3v) is 9.30. The highest BCUT2D eigenvalue weighted by Crippen LogP contribution is 2.49. The summed E-state index contributed by atoms with van der Waals surface area (Å²) in [7, 11) is 1.35.